The van der Waals surface area contributed by atoms with Gasteiger partial charge in [0.1, 0.15) is 30.5 Å². The normalized spacial score (nSPS) is 36.2. The molecule has 1 aromatic rings. The Morgan fingerprint density at radius 1 is 0.825 bits per heavy atom. The first-order valence-corrected chi connectivity index (χ1v) is 13.6. The third kappa shape index (κ3) is 8.18. The molecule has 11 heteroatoms. The van der Waals surface area contributed by atoms with E-state index >= 15 is 0 Å². The summed E-state index contributed by atoms with van der Waals surface area (Å²) in [6, 6.07) is 9.70. The van der Waals surface area contributed by atoms with Crippen LogP contribution in [0.15, 0.2) is 42.5 Å². The topological polar surface area (TPSA) is 125 Å². The van der Waals surface area contributed by atoms with Crippen molar-refractivity contribution in [1.29, 1.82) is 0 Å². The van der Waals surface area contributed by atoms with Gasteiger partial charge < -0.3 is 37.9 Å². The third-order valence-electron chi connectivity index (χ3n) is 6.91. The number of hydrogen-bond acceptors (Lipinski definition) is 11. The van der Waals surface area contributed by atoms with Crippen molar-refractivity contribution in [2.24, 2.45) is 0 Å². The van der Waals surface area contributed by atoms with Gasteiger partial charge in [0.25, 0.3) is 0 Å². The summed E-state index contributed by atoms with van der Waals surface area (Å²) in [6.07, 6.45) is -3.28. The van der Waals surface area contributed by atoms with Crippen LogP contribution in [0, 0.1) is 0 Å². The van der Waals surface area contributed by atoms with Crippen molar-refractivity contribution in [3.8, 4) is 0 Å². The zero-order valence-electron chi connectivity index (χ0n) is 23.4. The predicted octanol–water partition coefficient (Wildman–Crippen LogP) is 2.98. The van der Waals surface area contributed by atoms with Crippen LogP contribution in [0.5, 0.6) is 0 Å². The monoisotopic (exact) mass is 562 g/mol. The molecule has 0 saturated carbocycles. The number of ether oxygens (including phenoxy) is 8. The first-order valence-electron chi connectivity index (χ1n) is 13.6. The van der Waals surface area contributed by atoms with E-state index in [-0.39, 0.29) is 18.6 Å². The van der Waals surface area contributed by atoms with E-state index < -0.39 is 73.5 Å². The molecule has 2 saturated heterocycles. The zero-order chi connectivity index (χ0) is 28.8. The van der Waals surface area contributed by atoms with E-state index in [4.69, 9.17) is 37.9 Å². The van der Waals surface area contributed by atoms with Gasteiger partial charge in [-0.25, -0.2) is 0 Å². The van der Waals surface area contributed by atoms with Crippen LogP contribution in [-0.4, -0.2) is 79.3 Å². The summed E-state index contributed by atoms with van der Waals surface area (Å²) in [5.74, 6) is -1.09. The molecule has 4 rings (SSSR count). The summed E-state index contributed by atoms with van der Waals surface area (Å²) in [5, 5.41) is 0. The van der Waals surface area contributed by atoms with Crippen LogP contribution in [0.25, 0.3) is 0 Å². The smallest absolute Gasteiger partial charge is 0.302 e. The molecular weight excluding hydrogens is 524 g/mol. The second-order valence-corrected chi connectivity index (χ2v) is 10.2. The van der Waals surface area contributed by atoms with Crippen molar-refractivity contribution in [3.05, 3.63) is 48.0 Å². The first-order chi connectivity index (χ1) is 19.1. The number of rotatable bonds is 9. The lowest BCUT2D eigenvalue weighted by Gasteiger charge is -2.44. The van der Waals surface area contributed by atoms with E-state index in [0.717, 1.165) is 5.56 Å². The number of hydrogen-bond donors (Lipinski definition) is 0. The molecule has 3 heterocycles. The van der Waals surface area contributed by atoms with Crippen LogP contribution in [0.1, 0.15) is 53.0 Å². The third-order valence-corrected chi connectivity index (χ3v) is 6.91. The molecule has 2 fully saturated rings. The van der Waals surface area contributed by atoms with Crippen LogP contribution in [0.3, 0.4) is 0 Å². The van der Waals surface area contributed by atoms with Crippen molar-refractivity contribution >= 4 is 17.7 Å². The Balaban J connectivity index is 1.41. The fourth-order valence-corrected chi connectivity index (χ4v) is 5.04. The summed E-state index contributed by atoms with van der Waals surface area (Å²) in [5.41, 5.74) is 0.995. The number of benzene rings is 1. The Morgan fingerprint density at radius 3 is 2.00 bits per heavy atom. The van der Waals surface area contributed by atoms with Crippen LogP contribution >= 0.6 is 0 Å². The predicted molar refractivity (Wildman–Crippen MR) is 138 cm³/mol. The number of carbonyl (C=O) groups excluding carboxylic acids is 3. The zero-order valence-corrected chi connectivity index (χ0v) is 23.4. The molecule has 0 unspecified atom stereocenters. The summed E-state index contributed by atoms with van der Waals surface area (Å²) in [7, 11) is 0. The molecule has 0 radical (unpaired) electrons. The van der Waals surface area contributed by atoms with Crippen molar-refractivity contribution in [2.45, 2.75) is 116 Å². The quantitative estimate of drug-likeness (QED) is 0.413. The van der Waals surface area contributed by atoms with E-state index in [9.17, 15) is 14.4 Å². The molecule has 3 aliphatic heterocycles. The molecule has 0 amide bonds. The summed E-state index contributed by atoms with van der Waals surface area (Å²) >= 11 is 0. The van der Waals surface area contributed by atoms with E-state index in [1.54, 1.807) is 13.8 Å². The van der Waals surface area contributed by atoms with Crippen molar-refractivity contribution < 1.29 is 52.3 Å². The van der Waals surface area contributed by atoms with Gasteiger partial charge in [-0.05, 0) is 38.5 Å². The van der Waals surface area contributed by atoms with Crippen LogP contribution in [0.2, 0.25) is 0 Å². The van der Waals surface area contributed by atoms with E-state index in [1.807, 2.05) is 37.3 Å². The highest BCUT2D eigenvalue weighted by Crippen LogP contribution is 2.33. The minimum absolute atomic E-state index is 0.156. The molecule has 40 heavy (non-hydrogen) atoms. The Hall–Kier alpha value is -2.67. The van der Waals surface area contributed by atoms with Gasteiger partial charge >= 0.3 is 11.9 Å². The summed E-state index contributed by atoms with van der Waals surface area (Å²) in [6.45, 7) is 8.23. The van der Waals surface area contributed by atoms with Gasteiger partial charge in [0.15, 0.2) is 24.7 Å². The summed E-state index contributed by atoms with van der Waals surface area (Å²) in [4.78, 5) is 35.6. The minimum Gasteiger partial charge on any atom is -0.459 e. The average molecular weight is 563 g/mol. The van der Waals surface area contributed by atoms with Gasteiger partial charge in [-0.1, -0.05) is 30.3 Å². The molecule has 0 N–H and O–H groups in total. The van der Waals surface area contributed by atoms with Gasteiger partial charge in [-0.15, -0.1) is 0 Å². The maximum absolute atomic E-state index is 11.9. The van der Waals surface area contributed by atoms with Crippen LogP contribution < -0.4 is 0 Å². The SMILES string of the molecule is CC(=O)O[C@H]1C[C@H](O[C@H]2[C@@H](OC(C)=O)C[C@H](OCc3ccccc3)O[C@@H]2C)O[C@H](C)[C@H]1O[C@H]1C=CC(=O)[C@@H](C)O1. The van der Waals surface area contributed by atoms with Crippen molar-refractivity contribution in [1.82, 2.24) is 0 Å². The van der Waals surface area contributed by atoms with Crippen LogP contribution in [-0.2, 0) is 58.9 Å². The Labute approximate surface area is 234 Å². The minimum atomic E-state index is -0.807. The highest BCUT2D eigenvalue weighted by molar-refractivity contribution is 5.93. The highest BCUT2D eigenvalue weighted by Gasteiger charge is 2.46. The Kier molecular flexibility index (Phi) is 10.4. The second kappa shape index (κ2) is 13.8. The van der Waals surface area contributed by atoms with Gasteiger partial charge in [0, 0.05) is 26.7 Å². The van der Waals surface area contributed by atoms with Gasteiger partial charge in [-0.3, -0.25) is 14.4 Å². The lowest BCUT2D eigenvalue weighted by Crippen LogP contribution is -2.56. The standard InChI is InChI=1S/C29H38O11/c1-16-22(32)11-12-25(34-16)39-28-18(3)36-27(14-24(28)38-20(5)31)40-29-17(2)35-26(13-23(29)37-19(4)30)33-15-21-9-7-6-8-10-21/h6-12,16-18,23-29H,13-15H2,1-5H3/t16-,17-,18-,23+,24+,25+,26-,27+,28-,29-/m1/s1. The second-order valence-electron chi connectivity index (χ2n) is 10.2. The highest BCUT2D eigenvalue weighted by atomic mass is 16.7. The lowest BCUT2D eigenvalue weighted by molar-refractivity contribution is -0.324. The molecule has 220 valence electrons. The molecule has 0 spiro atoms. The van der Waals surface area contributed by atoms with Crippen LogP contribution in [0.4, 0.5) is 0 Å². The van der Waals surface area contributed by atoms with Gasteiger partial charge in [0.2, 0.25) is 0 Å². The molecule has 0 aromatic heterocycles. The fraction of sp³-hybridized carbons (Fsp3) is 0.621. The van der Waals surface area contributed by atoms with Gasteiger partial charge in [0.05, 0.1) is 18.8 Å². The number of ketones is 1. The fourth-order valence-electron chi connectivity index (χ4n) is 5.04. The van der Waals surface area contributed by atoms with E-state index in [0.29, 0.717) is 6.61 Å². The molecule has 3 aliphatic rings. The maximum atomic E-state index is 11.9. The molecule has 10 atom stereocenters. The molecule has 0 aliphatic carbocycles. The van der Waals surface area contributed by atoms with Crippen molar-refractivity contribution in [3.63, 3.8) is 0 Å². The molecule has 1 aromatic carbocycles. The average Bonchev–Trinajstić information content (AvgIpc) is 2.89. The Morgan fingerprint density at radius 2 is 1.40 bits per heavy atom. The van der Waals surface area contributed by atoms with E-state index in [1.165, 1.54) is 26.0 Å². The molecule has 0 bridgehead atoms. The van der Waals surface area contributed by atoms with Crippen molar-refractivity contribution in [2.75, 3.05) is 0 Å². The largest absolute Gasteiger partial charge is 0.459 e. The van der Waals surface area contributed by atoms with E-state index in [2.05, 4.69) is 0 Å². The number of esters is 2. The maximum Gasteiger partial charge on any atom is 0.302 e. The lowest BCUT2D eigenvalue weighted by atomic mass is 9.99. The first kappa shape index (κ1) is 30.3. The Bertz CT molecular complexity index is 1040. The number of carbonyl (C=O) groups is 3. The van der Waals surface area contributed by atoms with Gasteiger partial charge in [-0.2, -0.15) is 0 Å². The summed E-state index contributed by atoms with van der Waals surface area (Å²) < 4.78 is 47.3. The molecular formula is C29H38O11. The molecule has 11 nitrogen and oxygen atoms in total.